The third kappa shape index (κ3) is 4.38. The Labute approximate surface area is 121 Å². The van der Waals surface area contributed by atoms with E-state index in [1.807, 2.05) is 30.3 Å². The summed E-state index contributed by atoms with van der Waals surface area (Å²) in [6, 6.07) is 14.6. The molecular weight excluding hydrogens is 234 g/mol. The summed E-state index contributed by atoms with van der Waals surface area (Å²) >= 11 is 0. The van der Waals surface area contributed by atoms with Gasteiger partial charge in [0.2, 0.25) is 0 Å². The maximum Gasteiger partial charge on any atom is 0.128 e. The minimum Gasteiger partial charge on any atom is -0.351 e. The van der Waals surface area contributed by atoms with E-state index < -0.39 is 13.0 Å². The van der Waals surface area contributed by atoms with Crippen LogP contribution in [0.4, 0.5) is 5.82 Å². The molecule has 100 valence electrons. The molecule has 0 radical (unpaired) electrons. The molecule has 1 heterocycles. The smallest absolute Gasteiger partial charge is 0.128 e. The lowest BCUT2D eigenvalue weighted by Gasteiger charge is -2.25. The van der Waals surface area contributed by atoms with Crippen molar-refractivity contribution < 1.29 is 5.48 Å². The van der Waals surface area contributed by atoms with E-state index in [0.717, 1.165) is 5.56 Å². The Balaban J connectivity index is 2.45. The lowest BCUT2D eigenvalue weighted by Crippen LogP contribution is -2.31. The van der Waals surface area contributed by atoms with E-state index in [2.05, 4.69) is 4.98 Å². The highest BCUT2D eigenvalue weighted by Gasteiger charge is 2.08. The number of rotatable bonds is 6. The summed E-state index contributed by atoms with van der Waals surface area (Å²) in [5.41, 5.74) is 0.886. The fourth-order valence-corrected chi connectivity index (χ4v) is 1.62. The molecule has 0 N–H and O–H groups in total. The summed E-state index contributed by atoms with van der Waals surface area (Å²) in [5.74, 6) is 0.395. The van der Waals surface area contributed by atoms with Gasteiger partial charge in [0.1, 0.15) is 5.82 Å². The van der Waals surface area contributed by atoms with E-state index in [1.165, 1.54) is 23.9 Å². The van der Waals surface area contributed by atoms with Crippen molar-refractivity contribution in [3.63, 3.8) is 0 Å². The highest BCUT2D eigenvalue weighted by Crippen LogP contribution is 2.13. The molecule has 1 aromatic heterocycles. The molecule has 0 atom stereocenters. The number of hydrogen-bond donors (Lipinski definition) is 0. The summed E-state index contributed by atoms with van der Waals surface area (Å²) in [4.78, 5) is 6.82. The Bertz CT molecular complexity index is 618. The van der Waals surface area contributed by atoms with E-state index in [4.69, 9.17) is 5.48 Å². The molecule has 19 heavy (non-hydrogen) atoms. The fraction of sp³-hybridized carbons (Fsp3) is 0.312. The zero-order chi connectivity index (χ0) is 17.1. The first-order valence-electron chi connectivity index (χ1n) is 8.17. The van der Waals surface area contributed by atoms with Crippen molar-refractivity contribution in [2.24, 2.45) is 0 Å². The molecule has 0 unspecified atom stereocenters. The van der Waals surface area contributed by atoms with Gasteiger partial charge in [-0.15, -0.1) is 0 Å². The highest BCUT2D eigenvalue weighted by atomic mass is 15.2. The van der Waals surface area contributed by atoms with Crippen molar-refractivity contribution in [2.45, 2.75) is 6.54 Å². The maximum atomic E-state index is 8.44. The molecule has 0 aliphatic carbocycles. The summed E-state index contributed by atoms with van der Waals surface area (Å²) in [6.07, 6.45) is 1.58. The number of likely N-dealkylation sites (N-methyl/N-ethyl adjacent to an activating group) is 1. The number of anilines is 1. The molecule has 0 bridgehead atoms. The van der Waals surface area contributed by atoms with Crippen molar-refractivity contribution >= 4 is 5.82 Å². The van der Waals surface area contributed by atoms with E-state index in [9.17, 15) is 0 Å². The molecule has 0 saturated carbocycles. The van der Waals surface area contributed by atoms with Crippen LogP contribution in [-0.4, -0.2) is 37.0 Å². The first-order chi connectivity index (χ1) is 10.8. The van der Waals surface area contributed by atoms with Crippen LogP contribution in [0.15, 0.2) is 54.7 Å². The molecule has 0 amide bonds. The third-order valence-corrected chi connectivity index (χ3v) is 2.52. The number of nitrogens with zero attached hydrogens (tertiary/aromatic N) is 3. The van der Waals surface area contributed by atoms with Crippen LogP contribution in [0.1, 0.15) is 11.0 Å². The molecule has 2 aromatic rings. The second-order valence-electron chi connectivity index (χ2n) is 4.38. The predicted molar refractivity (Wildman–Crippen MR) is 80.3 cm³/mol. The van der Waals surface area contributed by atoms with Crippen LogP contribution < -0.4 is 4.90 Å². The first-order valence-corrected chi connectivity index (χ1v) is 6.17. The number of benzene rings is 1. The van der Waals surface area contributed by atoms with Crippen LogP contribution in [0.25, 0.3) is 0 Å². The van der Waals surface area contributed by atoms with Gasteiger partial charge in [0, 0.05) is 28.5 Å². The summed E-state index contributed by atoms with van der Waals surface area (Å²) in [6.45, 7) is -4.25. The SMILES string of the molecule is [2H]C([2H])(N(C)C)C([2H])([2H])N(Cc1ccccc1)c1ccccn1. The van der Waals surface area contributed by atoms with Gasteiger partial charge in [0.05, 0.1) is 2.74 Å². The average Bonchev–Trinajstić information content (AvgIpc) is 2.54. The lowest BCUT2D eigenvalue weighted by molar-refractivity contribution is 0.412. The highest BCUT2D eigenvalue weighted by molar-refractivity contribution is 5.39. The molecular formula is C16H21N3. The first kappa shape index (κ1) is 9.10. The minimum absolute atomic E-state index is 0.220. The molecule has 0 fully saturated rings. The monoisotopic (exact) mass is 259 g/mol. The molecule has 1 aromatic carbocycles. The summed E-state index contributed by atoms with van der Waals surface area (Å²) in [5, 5.41) is 0. The van der Waals surface area contributed by atoms with Crippen LogP contribution in [0.2, 0.25) is 0 Å². The Morgan fingerprint density at radius 1 is 1.00 bits per heavy atom. The standard InChI is InChI=1S/C16H21N3/c1-18(2)12-13-19(16-10-6-7-11-17-16)14-15-8-4-3-5-9-15/h3-11H,12-14H2,1-2H3/i12D2,13D2. The van der Waals surface area contributed by atoms with Crippen molar-refractivity contribution in [2.75, 3.05) is 32.0 Å². The van der Waals surface area contributed by atoms with Gasteiger partial charge in [-0.3, -0.25) is 0 Å². The Hall–Kier alpha value is -1.87. The van der Waals surface area contributed by atoms with Crippen LogP contribution >= 0.6 is 0 Å². The molecule has 0 aliphatic rings. The number of aromatic nitrogens is 1. The number of hydrogen-bond acceptors (Lipinski definition) is 3. The van der Waals surface area contributed by atoms with E-state index in [0.29, 0.717) is 5.82 Å². The molecule has 0 spiro atoms. The largest absolute Gasteiger partial charge is 0.351 e. The normalized spacial score (nSPS) is 15.3. The van der Waals surface area contributed by atoms with Gasteiger partial charge in [-0.1, -0.05) is 36.4 Å². The zero-order valence-corrected chi connectivity index (χ0v) is 11.2. The average molecular weight is 259 g/mol. The lowest BCUT2D eigenvalue weighted by atomic mass is 10.2. The van der Waals surface area contributed by atoms with Gasteiger partial charge in [0.25, 0.3) is 0 Å². The van der Waals surface area contributed by atoms with Crippen LogP contribution in [0.5, 0.6) is 0 Å². The van der Waals surface area contributed by atoms with Crippen molar-refractivity contribution in [3.05, 3.63) is 60.3 Å². The summed E-state index contributed by atoms with van der Waals surface area (Å²) < 4.78 is 33.2. The van der Waals surface area contributed by atoms with E-state index in [-0.39, 0.29) is 6.54 Å². The Morgan fingerprint density at radius 2 is 1.74 bits per heavy atom. The summed E-state index contributed by atoms with van der Waals surface area (Å²) in [7, 11) is 3.05. The quantitative estimate of drug-likeness (QED) is 0.795. The maximum absolute atomic E-state index is 8.44. The molecule has 0 saturated heterocycles. The predicted octanol–water partition coefficient (Wildman–Crippen LogP) is 2.65. The van der Waals surface area contributed by atoms with Crippen molar-refractivity contribution in [1.29, 1.82) is 0 Å². The fourth-order valence-electron chi connectivity index (χ4n) is 1.62. The van der Waals surface area contributed by atoms with Crippen molar-refractivity contribution in [3.8, 4) is 0 Å². The van der Waals surface area contributed by atoms with Crippen molar-refractivity contribution in [1.82, 2.24) is 9.88 Å². The third-order valence-electron chi connectivity index (χ3n) is 2.52. The zero-order valence-electron chi connectivity index (χ0n) is 15.2. The Kier molecular flexibility index (Phi) is 3.31. The number of pyridine rings is 1. The molecule has 2 rings (SSSR count). The van der Waals surface area contributed by atoms with Crippen LogP contribution in [0.3, 0.4) is 0 Å². The molecule has 3 heteroatoms. The van der Waals surface area contributed by atoms with Gasteiger partial charge >= 0.3 is 0 Å². The van der Waals surface area contributed by atoms with Gasteiger partial charge in [0.15, 0.2) is 0 Å². The van der Waals surface area contributed by atoms with Gasteiger partial charge in [-0.25, -0.2) is 4.98 Å². The topological polar surface area (TPSA) is 19.4 Å². The van der Waals surface area contributed by atoms with E-state index >= 15 is 0 Å². The second kappa shape index (κ2) is 6.90. The van der Waals surface area contributed by atoms with Crippen LogP contribution in [-0.2, 0) is 6.54 Å². The van der Waals surface area contributed by atoms with Gasteiger partial charge < -0.3 is 9.80 Å². The molecule has 3 nitrogen and oxygen atoms in total. The minimum atomic E-state index is -2.28. The van der Waals surface area contributed by atoms with Gasteiger partial charge in [-0.05, 0) is 31.8 Å². The van der Waals surface area contributed by atoms with Gasteiger partial charge in [-0.2, -0.15) is 0 Å². The van der Waals surface area contributed by atoms with E-state index in [1.54, 1.807) is 24.4 Å². The molecule has 0 aliphatic heterocycles. The second-order valence-corrected chi connectivity index (χ2v) is 4.38. The Morgan fingerprint density at radius 3 is 2.37 bits per heavy atom. The van der Waals surface area contributed by atoms with Crippen LogP contribution in [0, 0.1) is 0 Å².